The summed E-state index contributed by atoms with van der Waals surface area (Å²) in [6.07, 6.45) is 6.90. The standard InChI is InChI=1S/C32H33N3O2/c1-3-4-7-16-28-22-35(34-31(28)26-12-8-5-9-13-26)21-25-17-19-29(20-18-25)36-23-30-24(2)37-32(33-30)27-14-10-6-11-15-27/h5-6,8-15,17-20,22H,3-4,7,16,21,23H2,1-2H3. The van der Waals surface area contributed by atoms with Crippen LogP contribution in [0, 0.1) is 6.92 Å². The summed E-state index contributed by atoms with van der Waals surface area (Å²) in [5.41, 5.74) is 6.54. The van der Waals surface area contributed by atoms with Crippen LogP contribution >= 0.6 is 0 Å². The molecule has 0 radical (unpaired) electrons. The number of rotatable bonds is 11. The van der Waals surface area contributed by atoms with Crippen LogP contribution in [0.4, 0.5) is 0 Å². The Morgan fingerprint density at radius 3 is 2.24 bits per heavy atom. The molecule has 0 spiro atoms. The molecule has 5 heteroatoms. The molecule has 5 nitrogen and oxygen atoms in total. The van der Waals surface area contributed by atoms with Gasteiger partial charge in [0.1, 0.15) is 23.8 Å². The van der Waals surface area contributed by atoms with E-state index in [0.717, 1.165) is 41.4 Å². The molecule has 2 heterocycles. The monoisotopic (exact) mass is 491 g/mol. The van der Waals surface area contributed by atoms with Crippen molar-refractivity contribution in [1.29, 1.82) is 0 Å². The van der Waals surface area contributed by atoms with Gasteiger partial charge < -0.3 is 9.15 Å². The van der Waals surface area contributed by atoms with Crippen molar-refractivity contribution in [1.82, 2.24) is 14.8 Å². The molecule has 3 aromatic carbocycles. The van der Waals surface area contributed by atoms with Gasteiger partial charge in [0.2, 0.25) is 5.89 Å². The highest BCUT2D eigenvalue weighted by atomic mass is 16.5. The van der Waals surface area contributed by atoms with Crippen LogP contribution in [0.25, 0.3) is 22.7 Å². The molecule has 5 rings (SSSR count). The van der Waals surface area contributed by atoms with Crippen molar-refractivity contribution in [3.05, 3.63) is 114 Å². The molecule has 0 fully saturated rings. The maximum Gasteiger partial charge on any atom is 0.226 e. The SMILES string of the molecule is CCCCCc1cn(Cc2ccc(OCc3nc(-c4ccccc4)oc3C)cc2)nc1-c1ccccc1. The summed E-state index contributed by atoms with van der Waals surface area (Å²) in [5, 5.41) is 4.96. The molecule has 0 saturated heterocycles. The summed E-state index contributed by atoms with van der Waals surface area (Å²) in [6, 6.07) is 28.6. The summed E-state index contributed by atoms with van der Waals surface area (Å²) in [5.74, 6) is 2.20. The van der Waals surface area contributed by atoms with Crippen molar-refractivity contribution in [3.8, 4) is 28.5 Å². The zero-order valence-electron chi connectivity index (χ0n) is 21.6. The van der Waals surface area contributed by atoms with Crippen LogP contribution in [0.3, 0.4) is 0 Å². The van der Waals surface area contributed by atoms with Gasteiger partial charge in [-0.15, -0.1) is 0 Å². The summed E-state index contributed by atoms with van der Waals surface area (Å²) in [6.45, 7) is 5.24. The van der Waals surface area contributed by atoms with Gasteiger partial charge in [0.25, 0.3) is 0 Å². The average molecular weight is 492 g/mol. The molecule has 5 aromatic rings. The van der Waals surface area contributed by atoms with Crippen LogP contribution < -0.4 is 4.74 Å². The van der Waals surface area contributed by atoms with Crippen molar-refractivity contribution < 1.29 is 9.15 Å². The summed E-state index contributed by atoms with van der Waals surface area (Å²) in [7, 11) is 0. The summed E-state index contributed by atoms with van der Waals surface area (Å²) in [4.78, 5) is 4.63. The van der Waals surface area contributed by atoms with Gasteiger partial charge in [-0.05, 0) is 55.2 Å². The maximum absolute atomic E-state index is 6.02. The Balaban J connectivity index is 1.24. The number of aromatic nitrogens is 3. The van der Waals surface area contributed by atoms with Gasteiger partial charge in [-0.2, -0.15) is 5.10 Å². The summed E-state index contributed by atoms with van der Waals surface area (Å²) >= 11 is 0. The Morgan fingerprint density at radius 2 is 1.54 bits per heavy atom. The first kappa shape index (κ1) is 24.6. The number of nitrogens with zero attached hydrogens (tertiary/aromatic N) is 3. The van der Waals surface area contributed by atoms with E-state index in [1.165, 1.54) is 36.0 Å². The molecule has 0 saturated carbocycles. The van der Waals surface area contributed by atoms with Crippen LogP contribution in [0.15, 0.2) is 95.5 Å². The Hall–Kier alpha value is -4.12. The topological polar surface area (TPSA) is 53.1 Å². The molecule has 0 unspecified atom stereocenters. The number of ether oxygens (including phenoxy) is 1. The van der Waals surface area contributed by atoms with Crippen LogP contribution in [0.5, 0.6) is 5.75 Å². The molecule has 0 atom stereocenters. The second-order valence-electron chi connectivity index (χ2n) is 9.34. The van der Waals surface area contributed by atoms with E-state index in [1.807, 2.05) is 55.5 Å². The van der Waals surface area contributed by atoms with Crippen LogP contribution in [-0.4, -0.2) is 14.8 Å². The quantitative estimate of drug-likeness (QED) is 0.176. The zero-order valence-corrected chi connectivity index (χ0v) is 21.6. The fraction of sp³-hybridized carbons (Fsp3) is 0.250. The zero-order chi connectivity index (χ0) is 25.5. The first-order valence-electron chi connectivity index (χ1n) is 13.0. The van der Waals surface area contributed by atoms with E-state index in [2.05, 4.69) is 59.2 Å². The van der Waals surface area contributed by atoms with Gasteiger partial charge in [-0.3, -0.25) is 4.68 Å². The van der Waals surface area contributed by atoms with Gasteiger partial charge in [0.05, 0.1) is 12.2 Å². The lowest BCUT2D eigenvalue weighted by atomic mass is 10.0. The van der Waals surface area contributed by atoms with Gasteiger partial charge >= 0.3 is 0 Å². The highest BCUT2D eigenvalue weighted by molar-refractivity contribution is 5.62. The highest BCUT2D eigenvalue weighted by Crippen LogP contribution is 2.25. The normalized spacial score (nSPS) is 11.1. The van der Waals surface area contributed by atoms with Crippen LogP contribution in [0.2, 0.25) is 0 Å². The minimum atomic E-state index is 0.363. The molecule has 0 amide bonds. The molecule has 0 bridgehead atoms. The van der Waals surface area contributed by atoms with Crippen molar-refractivity contribution in [2.45, 2.75) is 52.7 Å². The first-order valence-corrected chi connectivity index (χ1v) is 13.0. The third-order valence-corrected chi connectivity index (χ3v) is 6.49. The third-order valence-electron chi connectivity index (χ3n) is 6.49. The van der Waals surface area contributed by atoms with Crippen LogP contribution in [0.1, 0.15) is 48.8 Å². The van der Waals surface area contributed by atoms with E-state index in [0.29, 0.717) is 12.5 Å². The van der Waals surface area contributed by atoms with Gasteiger partial charge in [0, 0.05) is 17.3 Å². The van der Waals surface area contributed by atoms with Gasteiger partial charge in [0.15, 0.2) is 0 Å². The Morgan fingerprint density at radius 1 is 0.838 bits per heavy atom. The van der Waals surface area contributed by atoms with E-state index in [9.17, 15) is 0 Å². The third kappa shape index (κ3) is 6.18. The predicted octanol–water partition coefficient (Wildman–Crippen LogP) is 7.87. The molecule has 0 aliphatic carbocycles. The second kappa shape index (κ2) is 11.7. The Kier molecular flexibility index (Phi) is 7.80. The van der Waals surface area contributed by atoms with Crippen molar-refractivity contribution in [3.63, 3.8) is 0 Å². The number of hydrogen-bond acceptors (Lipinski definition) is 4. The highest BCUT2D eigenvalue weighted by Gasteiger charge is 2.13. The van der Waals surface area contributed by atoms with Crippen LogP contribution in [-0.2, 0) is 19.6 Å². The lowest BCUT2D eigenvalue weighted by Gasteiger charge is -2.07. The predicted molar refractivity (Wildman–Crippen MR) is 147 cm³/mol. The molecular weight excluding hydrogens is 458 g/mol. The Bertz CT molecular complexity index is 1400. The first-order chi connectivity index (χ1) is 18.2. The number of hydrogen-bond donors (Lipinski definition) is 0. The molecule has 0 N–H and O–H groups in total. The molecule has 0 aliphatic rings. The maximum atomic E-state index is 6.02. The van der Waals surface area contributed by atoms with E-state index in [-0.39, 0.29) is 0 Å². The lowest BCUT2D eigenvalue weighted by molar-refractivity contribution is 0.299. The van der Waals surface area contributed by atoms with Crippen molar-refractivity contribution in [2.24, 2.45) is 0 Å². The average Bonchev–Trinajstić information content (AvgIpc) is 3.52. The Labute approximate surface area is 218 Å². The van der Waals surface area contributed by atoms with E-state index < -0.39 is 0 Å². The number of aryl methyl sites for hydroxylation is 2. The lowest BCUT2D eigenvalue weighted by Crippen LogP contribution is -2.01. The van der Waals surface area contributed by atoms with Crippen molar-refractivity contribution in [2.75, 3.05) is 0 Å². The smallest absolute Gasteiger partial charge is 0.226 e. The minimum absolute atomic E-state index is 0.363. The van der Waals surface area contributed by atoms with E-state index in [1.54, 1.807) is 0 Å². The molecule has 37 heavy (non-hydrogen) atoms. The molecule has 188 valence electrons. The number of oxazole rings is 1. The largest absolute Gasteiger partial charge is 0.487 e. The van der Waals surface area contributed by atoms with E-state index in [4.69, 9.17) is 14.3 Å². The fourth-order valence-corrected chi connectivity index (χ4v) is 4.43. The van der Waals surface area contributed by atoms with E-state index >= 15 is 0 Å². The molecular formula is C32H33N3O2. The van der Waals surface area contributed by atoms with Gasteiger partial charge in [-0.25, -0.2) is 4.98 Å². The second-order valence-corrected chi connectivity index (χ2v) is 9.34. The minimum Gasteiger partial charge on any atom is -0.487 e. The summed E-state index contributed by atoms with van der Waals surface area (Å²) < 4.78 is 13.9. The van der Waals surface area contributed by atoms with Gasteiger partial charge in [-0.1, -0.05) is 80.4 Å². The number of benzene rings is 3. The number of unbranched alkanes of at least 4 members (excludes halogenated alkanes) is 2. The fourth-order valence-electron chi connectivity index (χ4n) is 4.43. The molecule has 0 aliphatic heterocycles. The van der Waals surface area contributed by atoms with Crippen molar-refractivity contribution >= 4 is 0 Å². The molecule has 2 aromatic heterocycles.